The number of piperidine rings is 1. The normalized spacial score (nSPS) is 25.8. The maximum Gasteiger partial charge on any atom is 0.391 e. The maximum absolute atomic E-state index is 12.6. The number of hydrogen-bond acceptors (Lipinski definition) is 4. The van der Waals surface area contributed by atoms with Crippen LogP contribution in [0.4, 0.5) is 13.2 Å². The van der Waals surface area contributed by atoms with E-state index >= 15 is 0 Å². The van der Waals surface area contributed by atoms with Crippen molar-refractivity contribution in [2.75, 3.05) is 6.54 Å². The Kier molecular flexibility index (Phi) is 4.10. The Morgan fingerprint density at radius 1 is 1.56 bits per heavy atom. The number of aliphatic carboxylic acids is 1. The van der Waals surface area contributed by atoms with Crippen molar-refractivity contribution < 1.29 is 23.1 Å². The monoisotopic (exact) mass is 267 g/mol. The summed E-state index contributed by atoms with van der Waals surface area (Å²) in [5, 5.41) is 9.86. The van der Waals surface area contributed by atoms with Crippen molar-refractivity contribution in [3.63, 3.8) is 0 Å². The number of rotatable bonds is 2. The van der Waals surface area contributed by atoms with Crippen molar-refractivity contribution in [2.24, 2.45) is 23.4 Å². The Balaban J connectivity index is 2.92. The van der Waals surface area contributed by atoms with Gasteiger partial charge in [-0.3, -0.25) is 0 Å². The fourth-order valence-electron chi connectivity index (χ4n) is 1.99. The number of nitrogens with zero attached hydrogens (tertiary/aromatic N) is 1. The Hall–Kier alpha value is -1.44. The van der Waals surface area contributed by atoms with Gasteiger partial charge < -0.3 is 15.8 Å². The molecule has 0 aromatic heterocycles. The largest absolute Gasteiger partial charge is 0.477 e. The van der Waals surface area contributed by atoms with Gasteiger partial charge in [-0.25, -0.2) is 10.6 Å². The third-order valence-corrected chi connectivity index (χ3v) is 3.31. The number of carboxylic acids is 1. The summed E-state index contributed by atoms with van der Waals surface area (Å²) < 4.78 is 37.8. The van der Waals surface area contributed by atoms with E-state index in [-0.39, 0.29) is 25.1 Å². The standard InChI is InChI=1S/C10H16F3N3O2/c1-5(10(11,12)13)6-2-3-16(15)7(4-6)8(14)9(17)18/h5-6H,2-4,14-15H2,1H3,(H,17,18)/b8-7-. The molecule has 0 bridgehead atoms. The van der Waals surface area contributed by atoms with Crippen LogP contribution in [-0.4, -0.2) is 28.8 Å². The van der Waals surface area contributed by atoms with Crippen LogP contribution in [0.1, 0.15) is 19.8 Å². The number of carbonyl (C=O) groups is 1. The summed E-state index contributed by atoms with van der Waals surface area (Å²) in [6.07, 6.45) is -4.12. The summed E-state index contributed by atoms with van der Waals surface area (Å²) in [5.41, 5.74) is 4.91. The van der Waals surface area contributed by atoms with Gasteiger partial charge in [-0.05, 0) is 18.8 Å². The number of hydrazine groups is 1. The Bertz CT molecular complexity index is 368. The first-order valence-corrected chi connectivity index (χ1v) is 5.45. The first-order chi connectivity index (χ1) is 8.14. The van der Waals surface area contributed by atoms with Gasteiger partial charge in [0.15, 0.2) is 0 Å². The Morgan fingerprint density at radius 3 is 2.56 bits per heavy atom. The molecule has 1 aliphatic heterocycles. The molecule has 8 heteroatoms. The zero-order chi connectivity index (χ0) is 14.1. The molecular weight excluding hydrogens is 251 g/mol. The molecule has 0 spiro atoms. The molecule has 5 nitrogen and oxygen atoms in total. The van der Waals surface area contributed by atoms with E-state index in [4.69, 9.17) is 16.7 Å². The average molecular weight is 267 g/mol. The van der Waals surface area contributed by atoms with Gasteiger partial charge in [0, 0.05) is 6.54 Å². The van der Waals surface area contributed by atoms with Crippen molar-refractivity contribution in [1.82, 2.24) is 5.01 Å². The average Bonchev–Trinajstić information content (AvgIpc) is 2.26. The Labute approximate surface area is 102 Å². The van der Waals surface area contributed by atoms with Gasteiger partial charge in [-0.1, -0.05) is 6.92 Å². The van der Waals surface area contributed by atoms with Crippen LogP contribution in [0, 0.1) is 11.8 Å². The second-order valence-electron chi connectivity index (χ2n) is 4.44. The summed E-state index contributed by atoms with van der Waals surface area (Å²) in [6.45, 7) is 1.25. The summed E-state index contributed by atoms with van der Waals surface area (Å²) in [5.74, 6) is 1.96. The fourth-order valence-corrected chi connectivity index (χ4v) is 1.99. The van der Waals surface area contributed by atoms with Crippen LogP contribution in [0.3, 0.4) is 0 Å². The number of carboxylic acid groups (broad SMARTS) is 1. The van der Waals surface area contributed by atoms with E-state index in [9.17, 15) is 18.0 Å². The predicted octanol–water partition coefficient (Wildman–Crippen LogP) is 1.03. The Morgan fingerprint density at radius 2 is 2.11 bits per heavy atom. The van der Waals surface area contributed by atoms with E-state index < -0.39 is 29.7 Å². The van der Waals surface area contributed by atoms with Crippen LogP contribution in [0.2, 0.25) is 0 Å². The van der Waals surface area contributed by atoms with Gasteiger partial charge in [0.05, 0.1) is 11.6 Å². The van der Waals surface area contributed by atoms with Crippen LogP contribution in [0.15, 0.2) is 11.4 Å². The molecule has 1 rings (SSSR count). The number of hydrogen-bond donors (Lipinski definition) is 3. The van der Waals surface area contributed by atoms with Crippen LogP contribution in [0.25, 0.3) is 0 Å². The molecule has 104 valence electrons. The highest BCUT2D eigenvalue weighted by atomic mass is 19.4. The van der Waals surface area contributed by atoms with Gasteiger partial charge in [0.25, 0.3) is 0 Å². The quantitative estimate of drug-likeness (QED) is 0.513. The summed E-state index contributed by atoms with van der Waals surface area (Å²) in [6, 6.07) is 0. The number of nitrogens with two attached hydrogens (primary N) is 2. The lowest BCUT2D eigenvalue weighted by Gasteiger charge is -2.36. The molecule has 1 heterocycles. The lowest BCUT2D eigenvalue weighted by atomic mass is 9.83. The molecule has 0 saturated carbocycles. The minimum absolute atomic E-state index is 0.0647. The zero-order valence-electron chi connectivity index (χ0n) is 9.87. The molecular formula is C10H16F3N3O2. The highest BCUT2D eigenvalue weighted by molar-refractivity contribution is 5.86. The van der Waals surface area contributed by atoms with E-state index in [0.717, 1.165) is 11.9 Å². The van der Waals surface area contributed by atoms with E-state index in [1.54, 1.807) is 0 Å². The van der Waals surface area contributed by atoms with Gasteiger partial charge in [0.2, 0.25) is 0 Å². The summed E-state index contributed by atoms with van der Waals surface area (Å²) >= 11 is 0. The molecule has 1 saturated heterocycles. The molecule has 0 aromatic rings. The zero-order valence-corrected chi connectivity index (χ0v) is 9.87. The molecule has 1 fully saturated rings. The highest BCUT2D eigenvalue weighted by Gasteiger charge is 2.43. The molecule has 0 aromatic carbocycles. The van der Waals surface area contributed by atoms with Crippen LogP contribution in [0.5, 0.6) is 0 Å². The van der Waals surface area contributed by atoms with Crippen molar-refractivity contribution in [3.8, 4) is 0 Å². The van der Waals surface area contributed by atoms with Crippen molar-refractivity contribution >= 4 is 5.97 Å². The van der Waals surface area contributed by atoms with Gasteiger partial charge in [0.1, 0.15) is 5.70 Å². The van der Waals surface area contributed by atoms with Gasteiger partial charge >= 0.3 is 12.1 Å². The molecule has 0 amide bonds. The third kappa shape index (κ3) is 3.06. The smallest absolute Gasteiger partial charge is 0.391 e. The van der Waals surface area contributed by atoms with Gasteiger partial charge in [-0.2, -0.15) is 13.2 Å². The third-order valence-electron chi connectivity index (χ3n) is 3.31. The minimum atomic E-state index is -4.30. The summed E-state index contributed by atoms with van der Waals surface area (Å²) in [7, 11) is 0. The van der Waals surface area contributed by atoms with Crippen LogP contribution < -0.4 is 11.6 Å². The fraction of sp³-hybridized carbons (Fsp3) is 0.700. The number of allylic oxidation sites excluding steroid dienone is 1. The number of halogens is 3. The van der Waals surface area contributed by atoms with Crippen molar-refractivity contribution in [1.29, 1.82) is 0 Å². The van der Waals surface area contributed by atoms with E-state index in [1.807, 2.05) is 0 Å². The van der Waals surface area contributed by atoms with Crippen LogP contribution >= 0.6 is 0 Å². The minimum Gasteiger partial charge on any atom is -0.477 e. The first kappa shape index (κ1) is 14.6. The van der Waals surface area contributed by atoms with E-state index in [2.05, 4.69) is 0 Å². The lowest BCUT2D eigenvalue weighted by molar-refractivity contribution is -0.185. The van der Waals surface area contributed by atoms with Gasteiger partial charge in [-0.15, -0.1) is 0 Å². The van der Waals surface area contributed by atoms with E-state index in [1.165, 1.54) is 0 Å². The predicted molar refractivity (Wildman–Crippen MR) is 57.7 cm³/mol. The lowest BCUT2D eigenvalue weighted by Crippen LogP contribution is -2.43. The van der Waals surface area contributed by atoms with Crippen molar-refractivity contribution in [3.05, 3.63) is 11.4 Å². The highest BCUT2D eigenvalue weighted by Crippen LogP contribution is 2.39. The molecule has 2 atom stereocenters. The van der Waals surface area contributed by atoms with E-state index in [0.29, 0.717) is 0 Å². The molecule has 0 aliphatic carbocycles. The SMILES string of the molecule is CC(C1CCN(N)/C(=C(\N)C(=O)O)C1)C(F)(F)F. The topological polar surface area (TPSA) is 92.6 Å². The molecule has 1 aliphatic rings. The molecule has 2 unspecified atom stereocenters. The van der Waals surface area contributed by atoms with Crippen LogP contribution in [-0.2, 0) is 4.79 Å². The second kappa shape index (κ2) is 5.05. The molecule has 18 heavy (non-hydrogen) atoms. The van der Waals surface area contributed by atoms with Crippen molar-refractivity contribution in [2.45, 2.75) is 25.9 Å². The second-order valence-corrected chi connectivity index (χ2v) is 4.44. The number of alkyl halides is 3. The molecule has 0 radical (unpaired) electrons. The first-order valence-electron chi connectivity index (χ1n) is 5.45. The maximum atomic E-state index is 12.6. The summed E-state index contributed by atoms with van der Waals surface area (Å²) in [4.78, 5) is 10.7. The molecule has 5 N–H and O–H groups in total.